The molecule has 2 aromatic rings. The Morgan fingerprint density at radius 2 is 2.17 bits per heavy atom. The Kier molecular flexibility index (Phi) is 5.76. The Morgan fingerprint density at radius 1 is 1.39 bits per heavy atom. The Morgan fingerprint density at radius 3 is 2.70 bits per heavy atom. The predicted octanol–water partition coefficient (Wildman–Crippen LogP) is 3.72. The molecule has 0 amide bonds. The van der Waals surface area contributed by atoms with Crippen LogP contribution in [0.3, 0.4) is 0 Å². The summed E-state index contributed by atoms with van der Waals surface area (Å²) in [4.78, 5) is 11.1. The second-order valence-electron chi connectivity index (χ2n) is 5.19. The van der Waals surface area contributed by atoms with Crippen molar-refractivity contribution in [2.24, 2.45) is 5.16 Å². The average Bonchev–Trinajstić information content (AvgIpc) is 3.05. The summed E-state index contributed by atoms with van der Waals surface area (Å²) in [6, 6.07) is 7.44. The van der Waals surface area contributed by atoms with Gasteiger partial charge >= 0.3 is 5.97 Å². The predicted molar refractivity (Wildman–Crippen MR) is 89.9 cm³/mol. The monoisotopic (exact) mass is 333 g/mol. The van der Waals surface area contributed by atoms with E-state index >= 15 is 0 Å². The summed E-state index contributed by atoms with van der Waals surface area (Å²) in [5.74, 6) is -0.413. The number of aliphatic carboxylic acids is 1. The SMILES string of the molecule is CCC(Oc1ccc(CC(=NO)c2ccsc2)cc1C)C(=O)O. The third-order valence-corrected chi connectivity index (χ3v) is 4.18. The van der Waals surface area contributed by atoms with Crippen LogP contribution in [0.2, 0.25) is 0 Å². The first-order valence-corrected chi connectivity index (χ1v) is 8.22. The van der Waals surface area contributed by atoms with E-state index in [4.69, 9.17) is 9.84 Å². The summed E-state index contributed by atoms with van der Waals surface area (Å²) < 4.78 is 5.54. The third-order valence-electron chi connectivity index (χ3n) is 3.50. The average molecular weight is 333 g/mol. The highest BCUT2D eigenvalue weighted by molar-refractivity contribution is 7.08. The number of carbonyl (C=O) groups is 1. The molecule has 0 fully saturated rings. The maximum Gasteiger partial charge on any atom is 0.344 e. The topological polar surface area (TPSA) is 79.1 Å². The fourth-order valence-electron chi connectivity index (χ4n) is 2.23. The molecular weight excluding hydrogens is 314 g/mol. The number of ether oxygens (including phenoxy) is 1. The lowest BCUT2D eigenvalue weighted by atomic mass is 10.0. The van der Waals surface area contributed by atoms with Gasteiger partial charge in [-0.05, 0) is 47.4 Å². The molecule has 1 atom stereocenters. The lowest BCUT2D eigenvalue weighted by molar-refractivity contribution is -0.145. The molecule has 122 valence electrons. The molecule has 0 saturated heterocycles. The molecule has 2 rings (SSSR count). The van der Waals surface area contributed by atoms with Gasteiger partial charge in [0.25, 0.3) is 0 Å². The molecule has 1 aromatic carbocycles. The van der Waals surface area contributed by atoms with Gasteiger partial charge < -0.3 is 15.1 Å². The van der Waals surface area contributed by atoms with Crippen LogP contribution >= 0.6 is 11.3 Å². The second kappa shape index (κ2) is 7.78. The van der Waals surface area contributed by atoms with E-state index in [-0.39, 0.29) is 0 Å². The Labute approximate surface area is 138 Å². The number of hydrogen-bond acceptors (Lipinski definition) is 5. The Bertz CT molecular complexity index is 695. The molecule has 1 unspecified atom stereocenters. The molecule has 2 N–H and O–H groups in total. The summed E-state index contributed by atoms with van der Waals surface area (Å²) in [7, 11) is 0. The normalized spacial score (nSPS) is 12.9. The van der Waals surface area contributed by atoms with Gasteiger partial charge in [0.1, 0.15) is 5.75 Å². The molecule has 23 heavy (non-hydrogen) atoms. The van der Waals surface area contributed by atoms with Crippen molar-refractivity contribution in [3.63, 3.8) is 0 Å². The number of thiophene rings is 1. The van der Waals surface area contributed by atoms with Gasteiger partial charge in [-0.1, -0.05) is 24.2 Å². The highest BCUT2D eigenvalue weighted by Crippen LogP contribution is 2.22. The van der Waals surface area contributed by atoms with Crippen LogP contribution in [0.5, 0.6) is 5.75 Å². The van der Waals surface area contributed by atoms with Crippen molar-refractivity contribution in [1.29, 1.82) is 0 Å². The summed E-state index contributed by atoms with van der Waals surface area (Å²) in [5.41, 5.74) is 3.31. The molecule has 0 bridgehead atoms. The fraction of sp³-hybridized carbons (Fsp3) is 0.294. The van der Waals surface area contributed by atoms with Crippen LogP contribution in [0.4, 0.5) is 0 Å². The van der Waals surface area contributed by atoms with Crippen molar-refractivity contribution in [3.05, 3.63) is 51.7 Å². The van der Waals surface area contributed by atoms with Crippen molar-refractivity contribution in [1.82, 2.24) is 0 Å². The van der Waals surface area contributed by atoms with Gasteiger partial charge in [-0.2, -0.15) is 11.3 Å². The van der Waals surface area contributed by atoms with Crippen molar-refractivity contribution in [2.45, 2.75) is 32.8 Å². The van der Waals surface area contributed by atoms with E-state index < -0.39 is 12.1 Å². The van der Waals surface area contributed by atoms with Crippen LogP contribution < -0.4 is 4.74 Å². The van der Waals surface area contributed by atoms with Gasteiger partial charge in [-0.3, -0.25) is 0 Å². The van der Waals surface area contributed by atoms with Gasteiger partial charge in [0.05, 0.1) is 5.71 Å². The molecule has 0 aliphatic heterocycles. The van der Waals surface area contributed by atoms with E-state index in [1.165, 1.54) is 0 Å². The minimum absolute atomic E-state index is 0.399. The number of carboxylic acids is 1. The van der Waals surface area contributed by atoms with E-state index in [1.807, 2.05) is 35.9 Å². The van der Waals surface area contributed by atoms with Gasteiger partial charge in [0, 0.05) is 12.0 Å². The number of aryl methyl sites for hydroxylation is 1. The molecular formula is C17H19NO4S. The maximum atomic E-state index is 11.1. The van der Waals surface area contributed by atoms with Crippen LogP contribution in [0, 0.1) is 6.92 Å². The van der Waals surface area contributed by atoms with Crippen LogP contribution in [0.15, 0.2) is 40.2 Å². The zero-order valence-corrected chi connectivity index (χ0v) is 13.8. The number of rotatable bonds is 7. The van der Waals surface area contributed by atoms with E-state index in [1.54, 1.807) is 24.3 Å². The van der Waals surface area contributed by atoms with E-state index in [2.05, 4.69) is 5.16 Å². The summed E-state index contributed by atoms with van der Waals surface area (Å²) in [6.07, 6.45) is 0.0421. The summed E-state index contributed by atoms with van der Waals surface area (Å²) in [6.45, 7) is 3.64. The van der Waals surface area contributed by atoms with E-state index in [9.17, 15) is 10.0 Å². The van der Waals surface area contributed by atoms with E-state index in [0.717, 1.165) is 16.7 Å². The zero-order chi connectivity index (χ0) is 16.8. The van der Waals surface area contributed by atoms with Gasteiger partial charge in [0.15, 0.2) is 6.10 Å². The summed E-state index contributed by atoms with van der Waals surface area (Å²) in [5, 5.41) is 25.5. The largest absolute Gasteiger partial charge is 0.479 e. The molecule has 5 nitrogen and oxygen atoms in total. The first-order valence-electron chi connectivity index (χ1n) is 7.27. The highest BCUT2D eigenvalue weighted by atomic mass is 32.1. The van der Waals surface area contributed by atoms with Crippen LogP contribution in [-0.4, -0.2) is 28.1 Å². The van der Waals surface area contributed by atoms with Gasteiger partial charge in [-0.25, -0.2) is 4.79 Å². The molecule has 0 saturated carbocycles. The van der Waals surface area contributed by atoms with Gasteiger partial charge in [0.2, 0.25) is 0 Å². The van der Waals surface area contributed by atoms with Crippen molar-refractivity contribution in [3.8, 4) is 5.75 Å². The first-order chi connectivity index (χ1) is 11.0. The van der Waals surface area contributed by atoms with Crippen LogP contribution in [0.25, 0.3) is 0 Å². The standard InChI is InChI=1S/C17H19NO4S/c1-3-15(17(19)20)22-16-5-4-12(8-11(16)2)9-14(18-21)13-6-7-23-10-13/h4-8,10,15,21H,3,9H2,1-2H3,(H,19,20). The molecule has 0 spiro atoms. The van der Waals surface area contributed by atoms with E-state index in [0.29, 0.717) is 24.3 Å². The maximum absolute atomic E-state index is 11.1. The lowest BCUT2D eigenvalue weighted by Crippen LogP contribution is -2.26. The van der Waals surface area contributed by atoms with Crippen molar-refractivity contribution >= 4 is 23.0 Å². The third kappa shape index (κ3) is 4.32. The Hall–Kier alpha value is -2.34. The zero-order valence-electron chi connectivity index (χ0n) is 13.0. The van der Waals surface area contributed by atoms with Crippen LogP contribution in [0.1, 0.15) is 30.0 Å². The molecule has 6 heteroatoms. The highest BCUT2D eigenvalue weighted by Gasteiger charge is 2.18. The Balaban J connectivity index is 2.14. The molecule has 0 aliphatic carbocycles. The molecule has 1 aromatic heterocycles. The quantitative estimate of drug-likeness (QED) is 0.460. The molecule has 1 heterocycles. The fourth-order valence-corrected chi connectivity index (χ4v) is 2.90. The second-order valence-corrected chi connectivity index (χ2v) is 5.97. The number of carboxylic acid groups (broad SMARTS) is 1. The van der Waals surface area contributed by atoms with Crippen molar-refractivity contribution < 1.29 is 19.8 Å². The number of oxime groups is 1. The first kappa shape index (κ1) is 17.0. The summed E-state index contributed by atoms with van der Waals surface area (Å²) >= 11 is 1.54. The number of benzene rings is 1. The number of hydrogen-bond donors (Lipinski definition) is 2. The van der Waals surface area contributed by atoms with Gasteiger partial charge in [-0.15, -0.1) is 0 Å². The molecule has 0 aliphatic rings. The minimum atomic E-state index is -0.969. The number of nitrogens with zero attached hydrogens (tertiary/aromatic N) is 1. The lowest BCUT2D eigenvalue weighted by Gasteiger charge is -2.16. The smallest absolute Gasteiger partial charge is 0.344 e. The van der Waals surface area contributed by atoms with Crippen molar-refractivity contribution in [2.75, 3.05) is 0 Å². The van der Waals surface area contributed by atoms with Crippen LogP contribution in [-0.2, 0) is 11.2 Å². The molecule has 0 radical (unpaired) electrons. The minimum Gasteiger partial charge on any atom is -0.479 e.